The fourth-order valence-electron chi connectivity index (χ4n) is 5.35. The Balaban J connectivity index is 1.34. The summed E-state index contributed by atoms with van der Waals surface area (Å²) in [4.78, 5) is 15.7. The van der Waals surface area contributed by atoms with Gasteiger partial charge in [0.25, 0.3) is 0 Å². The Kier molecular flexibility index (Phi) is 8.58. The van der Waals surface area contributed by atoms with Crippen molar-refractivity contribution in [1.29, 1.82) is 0 Å². The molecule has 0 saturated heterocycles. The summed E-state index contributed by atoms with van der Waals surface area (Å²) in [6.45, 7) is 3.03. The zero-order valence-corrected chi connectivity index (χ0v) is 22.8. The van der Waals surface area contributed by atoms with E-state index in [1.54, 1.807) is 0 Å². The lowest BCUT2D eigenvalue weighted by Gasteiger charge is -2.28. The highest BCUT2D eigenvalue weighted by molar-refractivity contribution is 5.34. The summed E-state index contributed by atoms with van der Waals surface area (Å²) in [6, 6.07) is 19.0. The SMILES string of the molecule is O=c1n(CCCN2CCc3ccccc3C2)nc(CCc2cc(C(F)(F)F)cc(C(F)(F)F)c2)n1Cc1ccccc1. The van der Waals surface area contributed by atoms with E-state index in [1.807, 2.05) is 42.5 Å². The minimum Gasteiger partial charge on any atom is -0.299 e. The van der Waals surface area contributed by atoms with Gasteiger partial charge >= 0.3 is 18.0 Å². The van der Waals surface area contributed by atoms with Gasteiger partial charge < -0.3 is 0 Å². The van der Waals surface area contributed by atoms with Crippen molar-refractivity contribution in [2.45, 2.75) is 57.7 Å². The van der Waals surface area contributed by atoms with E-state index in [4.69, 9.17) is 0 Å². The Morgan fingerprint density at radius 2 is 1.38 bits per heavy atom. The van der Waals surface area contributed by atoms with Gasteiger partial charge in [0, 0.05) is 32.6 Å². The van der Waals surface area contributed by atoms with E-state index in [9.17, 15) is 31.1 Å². The van der Waals surface area contributed by atoms with Crippen LogP contribution in [0.3, 0.4) is 0 Å². The van der Waals surface area contributed by atoms with Gasteiger partial charge in [-0.05, 0) is 59.7 Å². The van der Waals surface area contributed by atoms with Crippen molar-refractivity contribution in [1.82, 2.24) is 19.2 Å². The highest BCUT2D eigenvalue weighted by Gasteiger charge is 2.36. The van der Waals surface area contributed by atoms with E-state index in [-0.39, 0.29) is 36.7 Å². The van der Waals surface area contributed by atoms with Crippen LogP contribution in [0.2, 0.25) is 0 Å². The summed E-state index contributed by atoms with van der Waals surface area (Å²) >= 11 is 0. The second kappa shape index (κ2) is 12.2. The number of hydrogen-bond donors (Lipinski definition) is 0. The van der Waals surface area contributed by atoms with Gasteiger partial charge in [-0.2, -0.15) is 31.4 Å². The predicted octanol–water partition coefficient (Wildman–Crippen LogP) is 6.36. The van der Waals surface area contributed by atoms with E-state index in [2.05, 4.69) is 22.1 Å². The third-order valence-corrected chi connectivity index (χ3v) is 7.52. The van der Waals surface area contributed by atoms with Crippen molar-refractivity contribution >= 4 is 0 Å². The second-order valence-electron chi connectivity index (χ2n) is 10.6. The molecule has 5 rings (SSSR count). The van der Waals surface area contributed by atoms with Gasteiger partial charge in [0.2, 0.25) is 0 Å². The van der Waals surface area contributed by atoms with Crippen LogP contribution in [-0.4, -0.2) is 32.3 Å². The quantitative estimate of drug-likeness (QED) is 0.214. The molecule has 0 bridgehead atoms. The van der Waals surface area contributed by atoms with Crippen molar-refractivity contribution in [3.63, 3.8) is 0 Å². The van der Waals surface area contributed by atoms with E-state index >= 15 is 0 Å². The number of alkyl halides is 6. The average Bonchev–Trinajstić information content (AvgIpc) is 3.25. The Morgan fingerprint density at radius 1 is 0.738 bits per heavy atom. The van der Waals surface area contributed by atoms with Crippen LogP contribution in [0.15, 0.2) is 77.6 Å². The number of benzene rings is 3. The van der Waals surface area contributed by atoms with Crippen LogP contribution in [0.4, 0.5) is 26.3 Å². The lowest BCUT2D eigenvalue weighted by molar-refractivity contribution is -0.143. The van der Waals surface area contributed by atoms with E-state index in [1.165, 1.54) is 20.4 Å². The minimum atomic E-state index is -4.93. The molecule has 0 fully saturated rings. The first kappa shape index (κ1) is 29.6. The number of halogens is 6. The summed E-state index contributed by atoms with van der Waals surface area (Å²) in [5, 5.41) is 4.49. The summed E-state index contributed by atoms with van der Waals surface area (Å²) in [7, 11) is 0. The molecular weight excluding hydrogens is 558 g/mol. The van der Waals surface area contributed by atoms with Crippen LogP contribution in [0.1, 0.15) is 45.6 Å². The van der Waals surface area contributed by atoms with Crippen LogP contribution < -0.4 is 5.69 Å². The highest BCUT2D eigenvalue weighted by Crippen LogP contribution is 2.36. The van der Waals surface area contributed by atoms with Crippen LogP contribution in [-0.2, 0) is 51.2 Å². The number of nitrogens with zero attached hydrogens (tertiary/aromatic N) is 4. The predicted molar refractivity (Wildman–Crippen MR) is 146 cm³/mol. The normalized spacial score (nSPS) is 14.2. The largest absolute Gasteiger partial charge is 0.416 e. The van der Waals surface area contributed by atoms with E-state index < -0.39 is 23.5 Å². The summed E-state index contributed by atoms with van der Waals surface area (Å²) in [5.41, 5.74) is 0.246. The molecule has 42 heavy (non-hydrogen) atoms. The fourth-order valence-corrected chi connectivity index (χ4v) is 5.35. The van der Waals surface area contributed by atoms with Gasteiger partial charge in [-0.25, -0.2) is 9.48 Å². The van der Waals surface area contributed by atoms with Crippen LogP contribution >= 0.6 is 0 Å². The molecule has 3 aromatic carbocycles. The number of fused-ring (bicyclic) bond motifs is 1. The molecule has 0 amide bonds. The molecule has 1 aliphatic rings. The molecule has 0 atom stereocenters. The van der Waals surface area contributed by atoms with Gasteiger partial charge in [-0.15, -0.1) is 0 Å². The molecule has 0 aliphatic carbocycles. The molecule has 1 aliphatic heterocycles. The maximum Gasteiger partial charge on any atom is 0.416 e. The van der Waals surface area contributed by atoms with Crippen molar-refractivity contribution < 1.29 is 26.3 Å². The van der Waals surface area contributed by atoms with Crippen LogP contribution in [0, 0.1) is 0 Å². The molecule has 4 aromatic rings. The monoisotopic (exact) mass is 588 g/mol. The number of aryl methyl sites for hydroxylation is 3. The first-order chi connectivity index (χ1) is 20.0. The first-order valence-corrected chi connectivity index (χ1v) is 13.8. The Morgan fingerprint density at radius 3 is 2.05 bits per heavy atom. The number of hydrogen-bond acceptors (Lipinski definition) is 3. The molecule has 0 N–H and O–H groups in total. The topological polar surface area (TPSA) is 43.1 Å². The third kappa shape index (κ3) is 7.13. The Hall–Kier alpha value is -3.86. The summed E-state index contributed by atoms with van der Waals surface area (Å²) in [6.07, 6.45) is -8.39. The smallest absolute Gasteiger partial charge is 0.299 e. The molecule has 0 unspecified atom stereocenters. The average molecular weight is 589 g/mol. The van der Waals surface area contributed by atoms with Crippen LogP contribution in [0.25, 0.3) is 0 Å². The molecular formula is C31H30F6N4O. The Labute approximate surface area is 239 Å². The number of rotatable bonds is 9. The van der Waals surface area contributed by atoms with Crippen molar-refractivity contribution in [2.75, 3.05) is 13.1 Å². The van der Waals surface area contributed by atoms with Crippen molar-refractivity contribution in [3.8, 4) is 0 Å². The van der Waals surface area contributed by atoms with Crippen molar-refractivity contribution in [2.24, 2.45) is 0 Å². The van der Waals surface area contributed by atoms with E-state index in [0.29, 0.717) is 18.8 Å². The van der Waals surface area contributed by atoms with Gasteiger partial charge in [-0.1, -0.05) is 54.6 Å². The standard InChI is InChI=1S/C31H30F6N4O/c32-30(33,34)26-17-23(18-27(19-26)31(35,36)37)11-12-28-38-41(29(42)40(28)20-22-7-2-1-3-8-22)15-6-14-39-16-13-24-9-4-5-10-25(24)21-39/h1-5,7-10,17-19H,6,11-16,20-21H2. The fraction of sp³-hybridized carbons (Fsp3) is 0.355. The van der Waals surface area contributed by atoms with Gasteiger partial charge in [0.1, 0.15) is 5.82 Å². The lowest BCUT2D eigenvalue weighted by Crippen LogP contribution is -2.32. The molecule has 11 heteroatoms. The number of aromatic nitrogens is 3. The van der Waals surface area contributed by atoms with E-state index in [0.717, 1.165) is 43.8 Å². The minimum absolute atomic E-state index is 0.00338. The lowest BCUT2D eigenvalue weighted by atomic mass is 10.00. The molecule has 0 spiro atoms. The zero-order chi connectivity index (χ0) is 29.9. The van der Waals surface area contributed by atoms with Gasteiger partial charge in [-0.3, -0.25) is 9.47 Å². The first-order valence-electron chi connectivity index (χ1n) is 13.8. The molecule has 0 saturated carbocycles. The zero-order valence-electron chi connectivity index (χ0n) is 22.8. The maximum atomic E-state index is 13.4. The molecule has 0 radical (unpaired) electrons. The molecule has 2 heterocycles. The molecule has 5 nitrogen and oxygen atoms in total. The Bertz CT molecular complexity index is 1540. The van der Waals surface area contributed by atoms with Gasteiger partial charge in [0.05, 0.1) is 17.7 Å². The summed E-state index contributed by atoms with van der Waals surface area (Å²) < 4.78 is 82.9. The molecule has 222 valence electrons. The van der Waals surface area contributed by atoms with Gasteiger partial charge in [0.15, 0.2) is 0 Å². The second-order valence-corrected chi connectivity index (χ2v) is 10.6. The maximum absolute atomic E-state index is 13.4. The highest BCUT2D eigenvalue weighted by atomic mass is 19.4. The van der Waals surface area contributed by atoms with Crippen molar-refractivity contribution in [3.05, 3.63) is 122 Å². The summed E-state index contributed by atoms with van der Waals surface area (Å²) in [5.74, 6) is 0.307. The molecule has 1 aromatic heterocycles. The van der Waals surface area contributed by atoms with Crippen LogP contribution in [0.5, 0.6) is 0 Å². The third-order valence-electron chi connectivity index (χ3n) is 7.52.